The number of hydrogen-bond donors (Lipinski definition) is 2. The second-order valence-corrected chi connectivity index (χ2v) is 4.83. The highest BCUT2D eigenvalue weighted by atomic mass is 16.6. The molecule has 0 aliphatic heterocycles. The van der Waals surface area contributed by atoms with Crippen LogP contribution in [0.15, 0.2) is 30.6 Å². The lowest BCUT2D eigenvalue weighted by molar-refractivity contribution is -0.383. The van der Waals surface area contributed by atoms with E-state index in [-0.39, 0.29) is 23.4 Å². The van der Waals surface area contributed by atoms with Gasteiger partial charge in [0, 0.05) is 11.7 Å². The third-order valence-electron chi connectivity index (χ3n) is 2.78. The lowest BCUT2D eigenvalue weighted by Crippen LogP contribution is -2.14. The van der Waals surface area contributed by atoms with E-state index in [0.29, 0.717) is 11.4 Å². The highest BCUT2D eigenvalue weighted by molar-refractivity contribution is 5.73. The number of aromatic nitrogens is 2. The molecule has 0 radical (unpaired) electrons. The average Bonchev–Trinajstić information content (AvgIpc) is 2.47. The van der Waals surface area contributed by atoms with E-state index in [1.807, 2.05) is 13.8 Å². The van der Waals surface area contributed by atoms with Crippen molar-refractivity contribution in [3.63, 3.8) is 0 Å². The molecule has 2 aromatic rings. The van der Waals surface area contributed by atoms with E-state index >= 15 is 0 Å². The lowest BCUT2D eigenvalue weighted by atomic mass is 10.3. The molecule has 0 atom stereocenters. The van der Waals surface area contributed by atoms with E-state index in [0.717, 1.165) is 0 Å². The Bertz CT molecular complexity index is 658. The number of anilines is 3. The van der Waals surface area contributed by atoms with E-state index in [2.05, 4.69) is 20.6 Å². The normalized spacial score (nSPS) is 10.4. The Labute approximate surface area is 127 Å². The minimum atomic E-state index is -0.503. The van der Waals surface area contributed by atoms with Crippen molar-refractivity contribution in [2.45, 2.75) is 19.9 Å². The minimum Gasteiger partial charge on any atom is -0.497 e. The Morgan fingerprint density at radius 1 is 1.18 bits per heavy atom. The standard InChI is InChI=1S/C14H17N5O3/c1-9(2)17-13-12(19(20)21)14(16-8-15-13)18-10-4-6-11(22-3)7-5-10/h4-9H,1-3H3,(H2,15,16,17,18). The topological polar surface area (TPSA) is 102 Å². The van der Waals surface area contributed by atoms with E-state index in [1.165, 1.54) is 6.33 Å². The SMILES string of the molecule is COc1ccc(Nc2ncnc(NC(C)C)c2[N+](=O)[O-])cc1. The Morgan fingerprint density at radius 2 is 1.82 bits per heavy atom. The first-order valence-electron chi connectivity index (χ1n) is 6.68. The van der Waals surface area contributed by atoms with Gasteiger partial charge in [-0.05, 0) is 38.1 Å². The number of nitro groups is 1. The van der Waals surface area contributed by atoms with E-state index in [4.69, 9.17) is 4.74 Å². The van der Waals surface area contributed by atoms with Gasteiger partial charge in [-0.25, -0.2) is 9.97 Å². The second-order valence-electron chi connectivity index (χ2n) is 4.83. The Hall–Kier alpha value is -2.90. The molecule has 1 aromatic heterocycles. The molecule has 8 heteroatoms. The van der Waals surface area contributed by atoms with Gasteiger partial charge in [-0.2, -0.15) is 0 Å². The molecule has 2 rings (SSSR count). The highest BCUT2D eigenvalue weighted by Gasteiger charge is 2.23. The van der Waals surface area contributed by atoms with Crippen molar-refractivity contribution in [1.29, 1.82) is 0 Å². The van der Waals surface area contributed by atoms with E-state index < -0.39 is 4.92 Å². The van der Waals surface area contributed by atoms with Gasteiger partial charge in [-0.3, -0.25) is 10.1 Å². The number of benzene rings is 1. The van der Waals surface area contributed by atoms with Crippen molar-refractivity contribution in [3.8, 4) is 5.75 Å². The molecular formula is C14H17N5O3. The van der Waals surface area contributed by atoms with Gasteiger partial charge in [0.15, 0.2) is 0 Å². The van der Waals surface area contributed by atoms with Crippen LogP contribution in [0.4, 0.5) is 23.0 Å². The largest absolute Gasteiger partial charge is 0.497 e. The van der Waals surface area contributed by atoms with Crippen LogP contribution in [0.5, 0.6) is 5.75 Å². The fraction of sp³-hybridized carbons (Fsp3) is 0.286. The maximum Gasteiger partial charge on any atom is 0.353 e. The summed E-state index contributed by atoms with van der Waals surface area (Å²) < 4.78 is 5.07. The predicted molar refractivity (Wildman–Crippen MR) is 83.7 cm³/mol. The zero-order valence-corrected chi connectivity index (χ0v) is 12.5. The molecule has 1 heterocycles. The Balaban J connectivity index is 2.34. The van der Waals surface area contributed by atoms with Gasteiger partial charge >= 0.3 is 5.69 Å². The Morgan fingerprint density at radius 3 is 2.36 bits per heavy atom. The summed E-state index contributed by atoms with van der Waals surface area (Å²) >= 11 is 0. The summed E-state index contributed by atoms with van der Waals surface area (Å²) in [6, 6.07) is 7.02. The molecule has 0 aliphatic rings. The molecule has 2 N–H and O–H groups in total. The third kappa shape index (κ3) is 3.60. The summed E-state index contributed by atoms with van der Waals surface area (Å²) in [5.41, 5.74) is 0.477. The van der Waals surface area contributed by atoms with Crippen molar-refractivity contribution in [2.75, 3.05) is 17.7 Å². The van der Waals surface area contributed by atoms with Gasteiger partial charge < -0.3 is 15.4 Å². The van der Waals surface area contributed by atoms with Crippen molar-refractivity contribution < 1.29 is 9.66 Å². The predicted octanol–water partition coefficient (Wildman–Crippen LogP) is 2.96. The summed E-state index contributed by atoms with van der Waals surface area (Å²) in [6.07, 6.45) is 1.28. The zero-order chi connectivity index (χ0) is 16.1. The van der Waals surface area contributed by atoms with Crippen molar-refractivity contribution in [3.05, 3.63) is 40.7 Å². The minimum absolute atomic E-state index is 0.0161. The molecule has 0 aliphatic carbocycles. The molecule has 0 unspecified atom stereocenters. The highest BCUT2D eigenvalue weighted by Crippen LogP contribution is 2.31. The summed E-state index contributed by atoms with van der Waals surface area (Å²) in [6.45, 7) is 3.75. The van der Waals surface area contributed by atoms with E-state index in [1.54, 1.807) is 31.4 Å². The molecule has 0 saturated heterocycles. The number of nitrogens with zero attached hydrogens (tertiary/aromatic N) is 3. The summed E-state index contributed by atoms with van der Waals surface area (Å²) in [4.78, 5) is 18.8. The zero-order valence-electron chi connectivity index (χ0n) is 12.5. The molecule has 0 amide bonds. The average molecular weight is 303 g/mol. The van der Waals surface area contributed by atoms with Crippen LogP contribution in [0.1, 0.15) is 13.8 Å². The van der Waals surface area contributed by atoms with Crippen molar-refractivity contribution >= 4 is 23.0 Å². The van der Waals surface area contributed by atoms with Crippen LogP contribution in [-0.4, -0.2) is 28.0 Å². The first-order valence-corrected chi connectivity index (χ1v) is 6.68. The van der Waals surface area contributed by atoms with Crippen molar-refractivity contribution in [1.82, 2.24) is 9.97 Å². The number of methoxy groups -OCH3 is 1. The molecule has 0 fully saturated rings. The maximum absolute atomic E-state index is 11.3. The van der Waals surface area contributed by atoms with Gasteiger partial charge in [0.2, 0.25) is 11.6 Å². The quantitative estimate of drug-likeness (QED) is 0.624. The van der Waals surface area contributed by atoms with Crippen LogP contribution in [0.25, 0.3) is 0 Å². The summed E-state index contributed by atoms with van der Waals surface area (Å²) in [5.74, 6) is 1.02. The van der Waals surface area contributed by atoms with Gasteiger partial charge in [0.1, 0.15) is 12.1 Å². The van der Waals surface area contributed by atoms with E-state index in [9.17, 15) is 10.1 Å². The number of nitrogens with one attached hydrogen (secondary N) is 2. The second kappa shape index (κ2) is 6.70. The first-order chi connectivity index (χ1) is 10.5. The number of rotatable bonds is 6. The lowest BCUT2D eigenvalue weighted by Gasteiger charge is -2.12. The van der Waals surface area contributed by atoms with Crippen LogP contribution >= 0.6 is 0 Å². The monoisotopic (exact) mass is 303 g/mol. The first kappa shape index (κ1) is 15.5. The molecule has 22 heavy (non-hydrogen) atoms. The van der Waals surface area contributed by atoms with Crippen LogP contribution < -0.4 is 15.4 Å². The van der Waals surface area contributed by atoms with Crippen LogP contribution in [0, 0.1) is 10.1 Å². The fourth-order valence-corrected chi connectivity index (χ4v) is 1.83. The van der Waals surface area contributed by atoms with Crippen molar-refractivity contribution in [2.24, 2.45) is 0 Å². The molecule has 0 bridgehead atoms. The molecular weight excluding hydrogens is 286 g/mol. The fourth-order valence-electron chi connectivity index (χ4n) is 1.83. The summed E-state index contributed by atoms with van der Waals surface area (Å²) in [7, 11) is 1.57. The maximum atomic E-state index is 11.3. The number of hydrogen-bond acceptors (Lipinski definition) is 7. The van der Waals surface area contributed by atoms with Gasteiger partial charge in [-0.1, -0.05) is 0 Å². The van der Waals surface area contributed by atoms with Gasteiger partial charge in [-0.15, -0.1) is 0 Å². The molecule has 0 spiro atoms. The summed E-state index contributed by atoms with van der Waals surface area (Å²) in [5, 5.41) is 17.2. The van der Waals surface area contributed by atoms with Gasteiger partial charge in [0.05, 0.1) is 12.0 Å². The molecule has 116 valence electrons. The van der Waals surface area contributed by atoms with Crippen LogP contribution in [0.3, 0.4) is 0 Å². The molecule has 1 aromatic carbocycles. The van der Waals surface area contributed by atoms with Gasteiger partial charge in [0.25, 0.3) is 0 Å². The third-order valence-corrected chi connectivity index (χ3v) is 2.78. The smallest absolute Gasteiger partial charge is 0.353 e. The Kier molecular flexibility index (Phi) is 4.72. The molecule has 0 saturated carbocycles. The van der Waals surface area contributed by atoms with Crippen LogP contribution in [-0.2, 0) is 0 Å². The number of ether oxygens (including phenoxy) is 1. The van der Waals surface area contributed by atoms with Crippen LogP contribution in [0.2, 0.25) is 0 Å². The molecule has 8 nitrogen and oxygen atoms in total.